The monoisotopic (exact) mass is 548 g/mol. The molecule has 0 spiro atoms. The molecule has 212 valence electrons. The van der Waals surface area contributed by atoms with Gasteiger partial charge in [-0.05, 0) is 55.9 Å². The maximum atomic E-state index is 13.2. The van der Waals surface area contributed by atoms with E-state index < -0.39 is 35.9 Å². The molecular formula is C31H36N2O7. The molecule has 2 aromatic carbocycles. The molecule has 0 saturated carbocycles. The molecule has 40 heavy (non-hydrogen) atoms. The van der Waals surface area contributed by atoms with Gasteiger partial charge in [-0.2, -0.15) is 0 Å². The Kier molecular flexibility index (Phi) is 9.96. The van der Waals surface area contributed by atoms with E-state index in [2.05, 4.69) is 10.3 Å². The maximum absolute atomic E-state index is 13.2. The average molecular weight is 549 g/mol. The van der Waals surface area contributed by atoms with Gasteiger partial charge >= 0.3 is 5.97 Å². The van der Waals surface area contributed by atoms with Crippen LogP contribution in [0.2, 0.25) is 0 Å². The summed E-state index contributed by atoms with van der Waals surface area (Å²) < 4.78 is 23.4. The number of aromatic hydroxyl groups is 1. The molecule has 9 heteroatoms. The number of methoxy groups -OCH3 is 1. The van der Waals surface area contributed by atoms with Gasteiger partial charge < -0.3 is 29.4 Å². The number of nitrogens with one attached hydrogen (secondary N) is 1. The van der Waals surface area contributed by atoms with Crippen LogP contribution < -0.4 is 14.8 Å². The van der Waals surface area contributed by atoms with E-state index in [-0.39, 0.29) is 17.5 Å². The van der Waals surface area contributed by atoms with E-state index in [1.807, 2.05) is 61.5 Å². The molecule has 1 aromatic heterocycles. The first kappa shape index (κ1) is 28.9. The van der Waals surface area contributed by atoms with Crippen molar-refractivity contribution in [2.75, 3.05) is 13.7 Å². The summed E-state index contributed by atoms with van der Waals surface area (Å²) in [5, 5.41) is 13.0. The summed E-state index contributed by atoms with van der Waals surface area (Å²) in [6, 6.07) is 18.4. The first-order valence-corrected chi connectivity index (χ1v) is 13.6. The van der Waals surface area contributed by atoms with Crippen molar-refractivity contribution in [1.82, 2.24) is 10.3 Å². The molecule has 4 atom stereocenters. The largest absolute Gasteiger partial charge is 0.503 e. The van der Waals surface area contributed by atoms with Crippen molar-refractivity contribution in [3.05, 3.63) is 72.6 Å². The van der Waals surface area contributed by atoms with Crippen molar-refractivity contribution in [3.8, 4) is 28.4 Å². The van der Waals surface area contributed by atoms with Crippen LogP contribution in [0.5, 0.6) is 17.2 Å². The minimum absolute atomic E-state index is 0.110. The highest BCUT2D eigenvalue weighted by molar-refractivity contribution is 5.97. The lowest BCUT2D eigenvalue weighted by Crippen LogP contribution is -2.46. The van der Waals surface area contributed by atoms with Gasteiger partial charge in [-0.1, -0.05) is 49.4 Å². The van der Waals surface area contributed by atoms with Crippen LogP contribution in [0.15, 0.2) is 66.9 Å². The van der Waals surface area contributed by atoms with Gasteiger partial charge in [-0.15, -0.1) is 0 Å². The van der Waals surface area contributed by atoms with Crippen LogP contribution in [0.3, 0.4) is 0 Å². The number of pyridine rings is 1. The first-order chi connectivity index (χ1) is 19.4. The number of hydrogen-bond acceptors (Lipinski definition) is 8. The highest BCUT2D eigenvalue weighted by atomic mass is 16.6. The average Bonchev–Trinajstić information content (AvgIpc) is 3.02. The lowest BCUT2D eigenvalue weighted by molar-refractivity contribution is -0.159. The highest BCUT2D eigenvalue weighted by Crippen LogP contribution is 2.29. The van der Waals surface area contributed by atoms with Crippen molar-refractivity contribution in [1.29, 1.82) is 0 Å². The second kappa shape index (κ2) is 13.8. The number of carbonyl (C=O) groups is 2. The molecule has 1 saturated heterocycles. The second-order valence-electron chi connectivity index (χ2n) is 9.69. The zero-order valence-electron chi connectivity index (χ0n) is 23.0. The van der Waals surface area contributed by atoms with E-state index in [0.29, 0.717) is 31.6 Å². The minimum atomic E-state index is -0.932. The minimum Gasteiger partial charge on any atom is -0.503 e. The van der Waals surface area contributed by atoms with Crippen LogP contribution in [0, 0.1) is 0 Å². The quantitative estimate of drug-likeness (QED) is 0.362. The van der Waals surface area contributed by atoms with Crippen molar-refractivity contribution >= 4 is 11.9 Å². The molecule has 1 aliphatic heterocycles. The summed E-state index contributed by atoms with van der Waals surface area (Å²) in [5.74, 6) is -0.935. The Hall–Kier alpha value is -4.11. The molecule has 0 aliphatic carbocycles. The van der Waals surface area contributed by atoms with Gasteiger partial charge in [0.2, 0.25) is 0 Å². The molecule has 9 nitrogen and oxygen atoms in total. The zero-order valence-corrected chi connectivity index (χ0v) is 23.0. The Morgan fingerprint density at radius 3 is 2.50 bits per heavy atom. The Bertz CT molecular complexity index is 1270. The topological polar surface area (TPSA) is 116 Å². The van der Waals surface area contributed by atoms with Crippen LogP contribution in [-0.2, 0) is 14.3 Å². The van der Waals surface area contributed by atoms with E-state index in [1.54, 1.807) is 6.92 Å². The third-order valence-electron chi connectivity index (χ3n) is 6.79. The predicted molar refractivity (Wildman–Crippen MR) is 149 cm³/mol. The predicted octanol–water partition coefficient (Wildman–Crippen LogP) is 4.92. The van der Waals surface area contributed by atoms with Crippen molar-refractivity contribution in [3.63, 3.8) is 0 Å². The number of hydrogen-bond donors (Lipinski definition) is 2. The highest BCUT2D eigenvalue weighted by Gasteiger charge is 2.36. The molecule has 3 aromatic rings. The van der Waals surface area contributed by atoms with Gasteiger partial charge in [0.25, 0.3) is 5.91 Å². The number of ether oxygens (including phenoxy) is 4. The number of carbonyl (C=O) groups excluding carboxylic acids is 2. The fraction of sp³-hybridized carbons (Fsp3) is 0.387. The molecule has 1 aliphatic rings. The molecule has 0 unspecified atom stereocenters. The Morgan fingerprint density at radius 1 is 1.07 bits per heavy atom. The summed E-state index contributed by atoms with van der Waals surface area (Å²) in [7, 11) is 1.38. The third-order valence-corrected chi connectivity index (χ3v) is 6.79. The normalized spacial score (nSPS) is 21.3. The summed E-state index contributed by atoms with van der Waals surface area (Å²) in [6.45, 7) is 4.34. The second-order valence-corrected chi connectivity index (χ2v) is 9.69. The smallest absolute Gasteiger partial charge is 0.329 e. The first-order valence-electron chi connectivity index (χ1n) is 13.6. The molecule has 1 amide bonds. The van der Waals surface area contributed by atoms with Gasteiger partial charge in [0.15, 0.2) is 23.3 Å². The van der Waals surface area contributed by atoms with Gasteiger partial charge in [0.1, 0.15) is 17.9 Å². The van der Waals surface area contributed by atoms with Crippen molar-refractivity contribution < 1.29 is 33.6 Å². The molecular weight excluding hydrogens is 512 g/mol. The lowest BCUT2D eigenvalue weighted by Gasteiger charge is -2.31. The number of benzene rings is 2. The van der Waals surface area contributed by atoms with Crippen LogP contribution >= 0.6 is 0 Å². The fourth-order valence-corrected chi connectivity index (χ4v) is 4.70. The van der Waals surface area contributed by atoms with Crippen LogP contribution in [0.4, 0.5) is 0 Å². The number of nitrogens with zero attached hydrogens (tertiary/aromatic N) is 1. The number of esters is 1. The molecule has 0 radical (unpaired) electrons. The molecule has 1 fully saturated rings. The Balaban J connectivity index is 1.50. The SMILES string of the molecule is CCCO[C@H]1CCC[C@H](NC(=O)c2nccc(OC)c2O)C(=O)O[C@@H](C)[C@@H]1Oc1ccc(-c2ccccc2)cc1. The summed E-state index contributed by atoms with van der Waals surface area (Å²) in [5.41, 5.74) is 1.94. The molecule has 2 N–H and O–H groups in total. The molecule has 4 rings (SSSR count). The Morgan fingerprint density at radius 2 is 1.80 bits per heavy atom. The Labute approximate surface area is 234 Å². The summed E-state index contributed by atoms with van der Waals surface area (Å²) in [4.78, 5) is 30.0. The number of cyclic esters (lactones) is 1. The maximum Gasteiger partial charge on any atom is 0.329 e. The van der Waals surface area contributed by atoms with E-state index >= 15 is 0 Å². The lowest BCUT2D eigenvalue weighted by atomic mass is 10.0. The number of aromatic nitrogens is 1. The zero-order chi connectivity index (χ0) is 28.5. The number of amides is 1. The van der Waals surface area contributed by atoms with Crippen molar-refractivity contribution in [2.24, 2.45) is 0 Å². The molecule has 0 bridgehead atoms. The summed E-state index contributed by atoms with van der Waals surface area (Å²) >= 11 is 0. The van der Waals surface area contributed by atoms with Gasteiger partial charge in [-0.3, -0.25) is 4.79 Å². The van der Waals surface area contributed by atoms with Crippen LogP contribution in [0.25, 0.3) is 11.1 Å². The van der Waals surface area contributed by atoms with E-state index in [0.717, 1.165) is 17.5 Å². The summed E-state index contributed by atoms with van der Waals surface area (Å²) in [6.07, 6.45) is 2.14. The van der Waals surface area contributed by atoms with Crippen LogP contribution in [-0.4, -0.2) is 60.0 Å². The third kappa shape index (κ3) is 7.09. The standard InChI is InChI=1S/C31H36N2O7/c1-4-19-38-26-12-8-11-24(33-30(35)27-28(34)25(37-3)17-18-32-27)31(36)39-20(2)29(26)40-23-15-13-22(14-16-23)21-9-6-5-7-10-21/h5-7,9-10,13-18,20,24,26,29,34H,4,8,11-12,19H2,1-3H3,(H,33,35)/t20-,24-,26-,29-/m0/s1. The molecule has 2 heterocycles. The van der Waals surface area contributed by atoms with E-state index in [9.17, 15) is 14.7 Å². The van der Waals surface area contributed by atoms with Gasteiger partial charge in [0.05, 0.1) is 13.2 Å². The van der Waals surface area contributed by atoms with Gasteiger partial charge in [0, 0.05) is 18.9 Å². The van der Waals surface area contributed by atoms with Gasteiger partial charge in [-0.25, -0.2) is 9.78 Å². The fourth-order valence-electron chi connectivity index (χ4n) is 4.70. The van der Waals surface area contributed by atoms with Crippen molar-refractivity contribution in [2.45, 2.75) is 63.9 Å². The number of rotatable bonds is 9. The van der Waals surface area contributed by atoms with E-state index in [4.69, 9.17) is 18.9 Å². The van der Waals surface area contributed by atoms with E-state index in [1.165, 1.54) is 19.4 Å². The van der Waals surface area contributed by atoms with Crippen LogP contribution in [0.1, 0.15) is 50.0 Å².